The molecule has 0 radical (unpaired) electrons. The van der Waals surface area contributed by atoms with Crippen LogP contribution in [0.4, 0.5) is 8.78 Å². The summed E-state index contributed by atoms with van der Waals surface area (Å²) in [5.41, 5.74) is 3.25. The van der Waals surface area contributed by atoms with Gasteiger partial charge in [0.2, 0.25) is 0 Å². The second-order valence-electron chi connectivity index (χ2n) is 8.61. The van der Waals surface area contributed by atoms with Gasteiger partial charge < -0.3 is 9.32 Å². The molecule has 4 nitrogen and oxygen atoms in total. The fraction of sp³-hybridized carbons (Fsp3) is 0.259. The van der Waals surface area contributed by atoms with E-state index in [9.17, 15) is 13.6 Å². The van der Waals surface area contributed by atoms with E-state index in [2.05, 4.69) is 4.98 Å². The van der Waals surface area contributed by atoms with Gasteiger partial charge in [-0.1, -0.05) is 30.3 Å². The molecule has 1 aliphatic rings. The number of hydrogen-bond donors (Lipinski definition) is 0. The Morgan fingerprint density at radius 1 is 1.09 bits per heavy atom. The Morgan fingerprint density at radius 2 is 1.88 bits per heavy atom. The molecule has 4 aromatic rings. The van der Waals surface area contributed by atoms with Gasteiger partial charge in [0.15, 0.2) is 5.76 Å². The van der Waals surface area contributed by atoms with E-state index in [4.69, 9.17) is 4.42 Å². The molecule has 5 rings (SSSR count). The summed E-state index contributed by atoms with van der Waals surface area (Å²) in [6, 6.07) is 15.3. The molecule has 1 fully saturated rings. The van der Waals surface area contributed by atoms with E-state index >= 15 is 0 Å². The number of pyridine rings is 1. The number of carbonyl (C=O) groups is 1. The van der Waals surface area contributed by atoms with Gasteiger partial charge >= 0.3 is 0 Å². The Kier molecular flexibility index (Phi) is 5.67. The van der Waals surface area contributed by atoms with Crippen molar-refractivity contribution in [1.82, 2.24) is 9.88 Å². The Hall–Kier alpha value is -3.54. The summed E-state index contributed by atoms with van der Waals surface area (Å²) in [6.07, 6.45) is 3.62. The highest BCUT2D eigenvalue weighted by Crippen LogP contribution is 2.30. The second-order valence-corrected chi connectivity index (χ2v) is 8.61. The summed E-state index contributed by atoms with van der Waals surface area (Å²) in [6.45, 7) is 3.15. The average molecular weight is 446 g/mol. The minimum atomic E-state index is -0.554. The number of hydrogen-bond acceptors (Lipinski definition) is 3. The number of benzene rings is 2. The maximum absolute atomic E-state index is 14.0. The zero-order valence-electron chi connectivity index (χ0n) is 18.4. The summed E-state index contributed by atoms with van der Waals surface area (Å²) >= 11 is 0. The van der Waals surface area contributed by atoms with Crippen LogP contribution in [0.15, 0.2) is 65.2 Å². The van der Waals surface area contributed by atoms with Gasteiger partial charge in [0, 0.05) is 53.8 Å². The fourth-order valence-corrected chi connectivity index (χ4v) is 4.61. The number of piperidine rings is 1. The van der Waals surface area contributed by atoms with Gasteiger partial charge in [-0.3, -0.25) is 9.78 Å². The lowest BCUT2D eigenvalue weighted by Gasteiger charge is -2.32. The molecule has 33 heavy (non-hydrogen) atoms. The SMILES string of the molecule is Cc1c(C(=O)N2CCC[C@H](c3ccc(Cc4c(F)cccc4F)cn3)C2)oc2ccccc12. The molecule has 2 aromatic heterocycles. The van der Waals surface area contributed by atoms with Crippen LogP contribution in [0.3, 0.4) is 0 Å². The number of nitrogens with zero attached hydrogens (tertiary/aromatic N) is 2. The smallest absolute Gasteiger partial charge is 0.289 e. The molecule has 0 saturated carbocycles. The van der Waals surface area contributed by atoms with Crippen LogP contribution in [0, 0.1) is 18.6 Å². The molecule has 2 aromatic carbocycles. The van der Waals surface area contributed by atoms with Crippen molar-refractivity contribution in [3.05, 3.63) is 101 Å². The number of aromatic nitrogens is 1. The predicted octanol–water partition coefficient (Wildman–Crippen LogP) is 6.03. The maximum Gasteiger partial charge on any atom is 0.289 e. The number of para-hydroxylation sites is 1. The summed E-state index contributed by atoms with van der Waals surface area (Å²) in [5, 5.41) is 0.956. The van der Waals surface area contributed by atoms with Crippen molar-refractivity contribution < 1.29 is 18.0 Å². The normalized spacial score (nSPS) is 16.3. The molecule has 0 bridgehead atoms. The zero-order chi connectivity index (χ0) is 22.9. The highest BCUT2D eigenvalue weighted by molar-refractivity contribution is 5.99. The molecule has 1 amide bonds. The van der Waals surface area contributed by atoms with Crippen molar-refractivity contribution in [3.63, 3.8) is 0 Å². The highest BCUT2D eigenvalue weighted by atomic mass is 19.1. The van der Waals surface area contributed by atoms with Crippen molar-refractivity contribution in [2.75, 3.05) is 13.1 Å². The lowest BCUT2D eigenvalue weighted by Crippen LogP contribution is -2.39. The lowest BCUT2D eigenvalue weighted by molar-refractivity contribution is 0.0675. The van der Waals surface area contributed by atoms with E-state index in [1.165, 1.54) is 18.2 Å². The van der Waals surface area contributed by atoms with Gasteiger partial charge in [-0.25, -0.2) is 8.78 Å². The summed E-state index contributed by atoms with van der Waals surface area (Å²) < 4.78 is 33.8. The molecule has 6 heteroatoms. The lowest BCUT2D eigenvalue weighted by atomic mass is 9.93. The fourth-order valence-electron chi connectivity index (χ4n) is 4.61. The minimum Gasteiger partial charge on any atom is -0.451 e. The van der Waals surface area contributed by atoms with Gasteiger partial charge in [-0.2, -0.15) is 0 Å². The zero-order valence-corrected chi connectivity index (χ0v) is 18.4. The van der Waals surface area contributed by atoms with E-state index < -0.39 is 11.6 Å². The van der Waals surface area contributed by atoms with Crippen molar-refractivity contribution in [3.8, 4) is 0 Å². The Labute approximate surface area is 190 Å². The van der Waals surface area contributed by atoms with Crippen LogP contribution in [0.2, 0.25) is 0 Å². The van der Waals surface area contributed by atoms with Gasteiger partial charge in [0.05, 0.1) is 0 Å². The third kappa shape index (κ3) is 4.13. The molecule has 1 aliphatic heterocycles. The van der Waals surface area contributed by atoms with Crippen LogP contribution >= 0.6 is 0 Å². The van der Waals surface area contributed by atoms with Crippen molar-refractivity contribution >= 4 is 16.9 Å². The first-order valence-corrected chi connectivity index (χ1v) is 11.2. The summed E-state index contributed by atoms with van der Waals surface area (Å²) in [5.74, 6) is -0.707. The number of aryl methyl sites for hydroxylation is 1. The Bertz CT molecular complexity index is 1290. The predicted molar refractivity (Wildman–Crippen MR) is 122 cm³/mol. The molecule has 168 valence electrons. The number of fused-ring (bicyclic) bond motifs is 1. The average Bonchev–Trinajstić information content (AvgIpc) is 3.18. The topological polar surface area (TPSA) is 46.3 Å². The number of halogens is 2. The van der Waals surface area contributed by atoms with Crippen LogP contribution in [-0.2, 0) is 6.42 Å². The van der Waals surface area contributed by atoms with Gasteiger partial charge in [0.1, 0.15) is 17.2 Å². The monoisotopic (exact) mass is 446 g/mol. The number of amides is 1. The molecule has 0 unspecified atom stereocenters. The molecular formula is C27H24F2N2O2. The summed E-state index contributed by atoms with van der Waals surface area (Å²) in [7, 11) is 0. The van der Waals surface area contributed by atoms with E-state index in [0.29, 0.717) is 18.8 Å². The number of rotatable bonds is 4. The number of likely N-dealkylation sites (tertiary alicyclic amines) is 1. The molecule has 0 spiro atoms. The number of carbonyl (C=O) groups excluding carboxylic acids is 1. The first-order chi connectivity index (χ1) is 16.0. The van der Waals surface area contributed by atoms with E-state index in [1.54, 1.807) is 6.20 Å². The molecule has 0 N–H and O–H groups in total. The first-order valence-electron chi connectivity index (χ1n) is 11.2. The van der Waals surface area contributed by atoms with Crippen LogP contribution in [0.1, 0.15) is 51.7 Å². The summed E-state index contributed by atoms with van der Waals surface area (Å²) in [4.78, 5) is 19.6. The van der Waals surface area contributed by atoms with Crippen LogP contribution in [-0.4, -0.2) is 28.9 Å². The quantitative estimate of drug-likeness (QED) is 0.385. The third-order valence-electron chi connectivity index (χ3n) is 6.46. The number of furan rings is 1. The van der Waals surface area contributed by atoms with E-state index in [-0.39, 0.29) is 23.8 Å². The first kappa shape index (κ1) is 21.3. The molecule has 1 atom stereocenters. The highest BCUT2D eigenvalue weighted by Gasteiger charge is 2.29. The van der Waals surface area contributed by atoms with Gasteiger partial charge in [0.25, 0.3) is 5.91 Å². The molecule has 3 heterocycles. The van der Waals surface area contributed by atoms with Crippen molar-refractivity contribution in [2.24, 2.45) is 0 Å². The molecule has 1 saturated heterocycles. The van der Waals surface area contributed by atoms with Crippen LogP contribution < -0.4 is 0 Å². The maximum atomic E-state index is 14.0. The van der Waals surface area contributed by atoms with E-state index in [1.807, 2.05) is 48.2 Å². The van der Waals surface area contributed by atoms with Gasteiger partial charge in [-0.15, -0.1) is 0 Å². The van der Waals surface area contributed by atoms with Crippen LogP contribution in [0.25, 0.3) is 11.0 Å². The van der Waals surface area contributed by atoms with Crippen molar-refractivity contribution in [2.45, 2.75) is 32.1 Å². The largest absolute Gasteiger partial charge is 0.451 e. The van der Waals surface area contributed by atoms with E-state index in [0.717, 1.165) is 40.6 Å². The minimum absolute atomic E-state index is 0.0442. The van der Waals surface area contributed by atoms with Crippen molar-refractivity contribution in [1.29, 1.82) is 0 Å². The van der Waals surface area contributed by atoms with Crippen LogP contribution in [0.5, 0.6) is 0 Å². The standard InChI is InChI=1S/C27H24F2N2O2/c1-17-20-7-2-3-10-25(20)33-26(17)27(32)31-13-5-6-19(16-31)24-12-11-18(15-30-24)14-21-22(28)8-4-9-23(21)29/h2-4,7-12,15,19H,5-6,13-14,16H2,1H3/t19-/m0/s1. The Balaban J connectivity index is 1.31. The molecule has 0 aliphatic carbocycles. The third-order valence-corrected chi connectivity index (χ3v) is 6.46. The Morgan fingerprint density at radius 3 is 2.61 bits per heavy atom. The molecular weight excluding hydrogens is 422 g/mol. The van der Waals surface area contributed by atoms with Gasteiger partial charge in [-0.05, 0) is 49.6 Å². The second kappa shape index (κ2) is 8.77.